The van der Waals surface area contributed by atoms with Gasteiger partial charge in [0, 0.05) is 11.8 Å². The van der Waals surface area contributed by atoms with Gasteiger partial charge in [0.2, 0.25) is 5.79 Å². The Balaban J connectivity index is 1.40. The summed E-state index contributed by atoms with van der Waals surface area (Å²) in [5.74, 6) is 0.344. The summed E-state index contributed by atoms with van der Waals surface area (Å²) in [6.07, 6.45) is 6.81. The summed E-state index contributed by atoms with van der Waals surface area (Å²) < 4.78 is 39.5. The van der Waals surface area contributed by atoms with E-state index in [-0.39, 0.29) is 42.7 Å². The van der Waals surface area contributed by atoms with Crippen LogP contribution in [0.3, 0.4) is 0 Å². The van der Waals surface area contributed by atoms with Gasteiger partial charge in [-0.05, 0) is 67.8 Å². The summed E-state index contributed by atoms with van der Waals surface area (Å²) in [6.45, 7) is 4.99. The largest absolute Gasteiger partial charge is 0.350 e. The maximum Gasteiger partial charge on any atom is 0.229 e. The summed E-state index contributed by atoms with van der Waals surface area (Å²) in [7, 11) is 0. The van der Waals surface area contributed by atoms with E-state index in [2.05, 4.69) is 13.8 Å². The summed E-state index contributed by atoms with van der Waals surface area (Å²) in [5.41, 5.74) is -0.0179. The molecule has 0 radical (unpaired) electrons. The molecule has 2 heterocycles. The van der Waals surface area contributed by atoms with Crippen LogP contribution in [0, 0.1) is 28.6 Å². The molecule has 0 bridgehead atoms. The number of fused-ring (bicyclic) bond motifs is 7. The summed E-state index contributed by atoms with van der Waals surface area (Å²) in [6, 6.07) is 0. The van der Waals surface area contributed by atoms with Gasteiger partial charge in [0.25, 0.3) is 0 Å². The molecule has 0 N–H and O–H groups in total. The lowest BCUT2D eigenvalue weighted by Crippen LogP contribution is -2.66. The fourth-order valence-corrected chi connectivity index (χ4v) is 8.54. The van der Waals surface area contributed by atoms with E-state index in [1.54, 1.807) is 0 Å². The molecular weight excluding hydrogens is 375 g/mol. The number of carbonyl (C=O) groups is 1. The van der Waals surface area contributed by atoms with Crippen LogP contribution in [0.15, 0.2) is 11.6 Å². The molecule has 2 saturated heterocycles. The third-order valence-corrected chi connectivity index (χ3v) is 9.91. The van der Waals surface area contributed by atoms with Crippen LogP contribution in [-0.4, -0.2) is 43.5 Å². The second-order valence-corrected chi connectivity index (χ2v) is 10.6. The number of ether oxygens (including phenoxy) is 4. The van der Waals surface area contributed by atoms with Crippen LogP contribution in [-0.2, 0) is 23.7 Å². The van der Waals surface area contributed by atoms with Gasteiger partial charge in [-0.1, -0.05) is 19.4 Å². The number of ketones is 1. The van der Waals surface area contributed by atoms with Crippen LogP contribution in [0.2, 0.25) is 0 Å². The lowest BCUT2D eigenvalue weighted by molar-refractivity contribution is -0.261. The van der Waals surface area contributed by atoms with Gasteiger partial charge in [-0.25, -0.2) is 4.39 Å². The van der Waals surface area contributed by atoms with Crippen molar-refractivity contribution in [3.05, 3.63) is 11.6 Å². The molecular formula is C23H31FO5. The third-order valence-electron chi connectivity index (χ3n) is 9.91. The number of halogens is 1. The van der Waals surface area contributed by atoms with Crippen LogP contribution < -0.4 is 0 Å². The summed E-state index contributed by atoms with van der Waals surface area (Å²) >= 11 is 0. The van der Waals surface area contributed by atoms with Gasteiger partial charge < -0.3 is 18.9 Å². The Bertz CT molecular complexity index is 770. The van der Waals surface area contributed by atoms with Gasteiger partial charge in [-0.3, -0.25) is 4.79 Å². The molecule has 2 aliphatic heterocycles. The van der Waals surface area contributed by atoms with E-state index in [1.165, 1.54) is 5.57 Å². The predicted molar refractivity (Wildman–Crippen MR) is 101 cm³/mol. The molecule has 6 rings (SSSR count). The number of alkyl halides is 1. The van der Waals surface area contributed by atoms with Crippen molar-refractivity contribution in [2.24, 2.45) is 28.6 Å². The van der Waals surface area contributed by atoms with Crippen LogP contribution in [0.1, 0.15) is 58.8 Å². The Morgan fingerprint density at radius 2 is 1.86 bits per heavy atom. The smallest absolute Gasteiger partial charge is 0.229 e. The molecule has 6 aliphatic rings. The Morgan fingerprint density at radius 1 is 1.03 bits per heavy atom. The monoisotopic (exact) mass is 406 g/mol. The Morgan fingerprint density at radius 3 is 2.66 bits per heavy atom. The first-order valence-corrected chi connectivity index (χ1v) is 11.2. The average Bonchev–Trinajstić information content (AvgIpc) is 3.38. The molecule has 6 heteroatoms. The van der Waals surface area contributed by atoms with E-state index in [9.17, 15) is 4.79 Å². The summed E-state index contributed by atoms with van der Waals surface area (Å²) in [4.78, 5) is 12.0. The average molecular weight is 406 g/mol. The van der Waals surface area contributed by atoms with Crippen LogP contribution >= 0.6 is 0 Å². The molecule has 0 unspecified atom stereocenters. The number of allylic oxidation sites excluding steroid dienone is 1. The highest BCUT2D eigenvalue weighted by atomic mass is 19.1. The molecule has 8 atom stereocenters. The van der Waals surface area contributed by atoms with Crippen molar-refractivity contribution >= 4 is 5.78 Å². The number of carbonyl (C=O) groups excluding carboxylic acids is 1. The number of rotatable bonds is 0. The quantitative estimate of drug-likeness (QED) is 0.611. The fraction of sp³-hybridized carbons (Fsp3) is 0.870. The lowest BCUT2D eigenvalue weighted by atomic mass is 9.46. The highest BCUT2D eigenvalue weighted by molar-refractivity contribution is 5.91. The Hall–Kier alpha value is -0.820. The normalized spacial score (nSPS) is 56.4. The van der Waals surface area contributed by atoms with Gasteiger partial charge in [0.15, 0.2) is 25.0 Å². The Labute approximate surface area is 171 Å². The highest BCUT2D eigenvalue weighted by Gasteiger charge is 2.79. The first-order valence-electron chi connectivity index (χ1n) is 11.2. The maximum atomic E-state index is 16.0. The maximum absolute atomic E-state index is 16.0. The predicted octanol–water partition coefficient (Wildman–Crippen LogP) is 3.91. The van der Waals surface area contributed by atoms with Gasteiger partial charge >= 0.3 is 0 Å². The highest BCUT2D eigenvalue weighted by Crippen LogP contribution is 2.72. The fourth-order valence-electron chi connectivity index (χ4n) is 8.54. The zero-order chi connectivity index (χ0) is 20.1. The first-order chi connectivity index (χ1) is 13.9. The van der Waals surface area contributed by atoms with Crippen molar-refractivity contribution in [2.75, 3.05) is 20.2 Å². The Kier molecular flexibility index (Phi) is 3.85. The molecule has 5 fully saturated rings. The minimum atomic E-state index is -1.13. The van der Waals surface area contributed by atoms with Crippen LogP contribution in [0.4, 0.5) is 4.39 Å². The first kappa shape index (κ1) is 18.9. The topological polar surface area (TPSA) is 54.0 Å². The SMILES string of the molecule is C[C@]12CCC(=O)C=C1CC[C@H]1[C@H]3C[C@@H](F)[C@@]4(OCO[C@@]45COCO5)[C@@]3(C)CC[C@@H]12. The molecule has 4 aliphatic carbocycles. The molecule has 0 aromatic rings. The zero-order valence-electron chi connectivity index (χ0n) is 17.4. The standard InChI is InChI=1S/C23H31FO5/c1-20-7-5-15(25)9-14(20)3-4-16-17(20)6-8-21(2)18(16)10-19(24)23(21)22(28-13-29-23)11-26-12-27-22/h9,16-19H,3-8,10-13H2,1-2H3/t16-,17+,18-,19-,20+,21+,22+,23-/m1/s1. The van der Waals surface area contributed by atoms with Crippen molar-refractivity contribution in [3.8, 4) is 0 Å². The molecule has 0 amide bonds. The minimum Gasteiger partial charge on any atom is -0.350 e. The van der Waals surface area contributed by atoms with Crippen molar-refractivity contribution in [1.82, 2.24) is 0 Å². The molecule has 160 valence electrons. The summed E-state index contributed by atoms with van der Waals surface area (Å²) in [5, 5.41) is 0. The second-order valence-electron chi connectivity index (χ2n) is 10.6. The van der Waals surface area contributed by atoms with E-state index in [1.807, 2.05) is 6.08 Å². The van der Waals surface area contributed by atoms with E-state index in [4.69, 9.17) is 18.9 Å². The molecule has 0 aromatic carbocycles. The molecule has 2 spiro atoms. The molecule has 0 aromatic heterocycles. The van der Waals surface area contributed by atoms with Crippen molar-refractivity contribution in [3.63, 3.8) is 0 Å². The van der Waals surface area contributed by atoms with E-state index in [0.29, 0.717) is 24.7 Å². The van der Waals surface area contributed by atoms with E-state index >= 15 is 4.39 Å². The second kappa shape index (κ2) is 5.90. The lowest BCUT2D eigenvalue weighted by Gasteiger charge is -2.60. The number of hydrogen-bond acceptors (Lipinski definition) is 5. The minimum absolute atomic E-state index is 0.0624. The van der Waals surface area contributed by atoms with Gasteiger partial charge in [0.1, 0.15) is 12.8 Å². The molecule has 5 nitrogen and oxygen atoms in total. The van der Waals surface area contributed by atoms with Crippen LogP contribution in [0.5, 0.6) is 0 Å². The molecule has 29 heavy (non-hydrogen) atoms. The number of hydrogen-bond donors (Lipinski definition) is 0. The van der Waals surface area contributed by atoms with Gasteiger partial charge in [-0.15, -0.1) is 0 Å². The van der Waals surface area contributed by atoms with Gasteiger partial charge in [-0.2, -0.15) is 0 Å². The van der Waals surface area contributed by atoms with E-state index < -0.39 is 17.6 Å². The van der Waals surface area contributed by atoms with Gasteiger partial charge in [0.05, 0.1) is 0 Å². The molecule has 3 saturated carbocycles. The zero-order valence-corrected chi connectivity index (χ0v) is 17.4. The van der Waals surface area contributed by atoms with Crippen LogP contribution in [0.25, 0.3) is 0 Å². The van der Waals surface area contributed by atoms with Crippen molar-refractivity contribution < 1.29 is 28.1 Å². The van der Waals surface area contributed by atoms with Crippen molar-refractivity contribution in [1.29, 1.82) is 0 Å². The van der Waals surface area contributed by atoms with E-state index in [0.717, 1.165) is 32.1 Å². The van der Waals surface area contributed by atoms with Crippen molar-refractivity contribution in [2.45, 2.75) is 76.4 Å². The third kappa shape index (κ3) is 2.07.